The van der Waals surface area contributed by atoms with E-state index in [-0.39, 0.29) is 0 Å². The summed E-state index contributed by atoms with van der Waals surface area (Å²) in [6.45, 7) is 4.70. The molecule has 1 aromatic carbocycles. The van der Waals surface area contributed by atoms with Crippen molar-refractivity contribution >= 4 is 6.08 Å². The maximum atomic E-state index is 3.81. The first-order chi connectivity index (χ1) is 7.40. The van der Waals surface area contributed by atoms with Crippen molar-refractivity contribution in [3.05, 3.63) is 72.6 Å². The fourth-order valence-electron chi connectivity index (χ4n) is 1.60. The molecular formula is C14H14N+. The molecular weight excluding hydrogens is 182 g/mol. The van der Waals surface area contributed by atoms with Crippen molar-refractivity contribution < 1.29 is 4.57 Å². The molecule has 0 aliphatic heterocycles. The molecule has 0 saturated heterocycles. The van der Waals surface area contributed by atoms with Crippen LogP contribution in [-0.2, 0) is 6.54 Å². The molecule has 15 heavy (non-hydrogen) atoms. The van der Waals surface area contributed by atoms with Crippen molar-refractivity contribution in [2.45, 2.75) is 6.54 Å². The number of nitrogens with zero attached hydrogens (tertiary/aromatic N) is 1. The number of rotatable bonds is 3. The van der Waals surface area contributed by atoms with E-state index in [9.17, 15) is 0 Å². The molecule has 0 N–H and O–H groups in total. The lowest BCUT2D eigenvalue weighted by Gasteiger charge is -2.00. The topological polar surface area (TPSA) is 3.88 Å². The lowest BCUT2D eigenvalue weighted by Crippen LogP contribution is -2.36. The minimum atomic E-state index is 0.892. The van der Waals surface area contributed by atoms with E-state index in [1.807, 2.05) is 24.3 Å². The second-order valence-electron chi connectivity index (χ2n) is 3.44. The van der Waals surface area contributed by atoms with Crippen LogP contribution in [0.1, 0.15) is 11.3 Å². The molecule has 2 rings (SSSR count). The normalized spacial score (nSPS) is 9.87. The summed E-state index contributed by atoms with van der Waals surface area (Å²) in [4.78, 5) is 0. The van der Waals surface area contributed by atoms with Crippen molar-refractivity contribution in [1.29, 1.82) is 0 Å². The van der Waals surface area contributed by atoms with Gasteiger partial charge in [-0.05, 0) is 6.07 Å². The fraction of sp³-hybridized carbons (Fsp3) is 0.0714. The molecule has 0 bridgehead atoms. The van der Waals surface area contributed by atoms with Gasteiger partial charge < -0.3 is 0 Å². The Bertz CT molecular complexity index is 446. The van der Waals surface area contributed by atoms with Gasteiger partial charge in [0, 0.05) is 23.8 Å². The number of hydrogen-bond acceptors (Lipinski definition) is 0. The zero-order valence-corrected chi connectivity index (χ0v) is 8.63. The number of pyridine rings is 1. The Balaban J connectivity index is 2.28. The van der Waals surface area contributed by atoms with E-state index in [2.05, 4.69) is 47.7 Å². The molecule has 74 valence electrons. The van der Waals surface area contributed by atoms with Gasteiger partial charge in [-0.2, -0.15) is 4.57 Å². The van der Waals surface area contributed by atoms with Crippen LogP contribution in [-0.4, -0.2) is 0 Å². The van der Waals surface area contributed by atoms with Crippen molar-refractivity contribution in [2.24, 2.45) is 0 Å². The van der Waals surface area contributed by atoms with Crippen molar-refractivity contribution in [1.82, 2.24) is 0 Å². The van der Waals surface area contributed by atoms with Gasteiger partial charge in [-0.15, -0.1) is 0 Å². The van der Waals surface area contributed by atoms with E-state index in [0.717, 1.165) is 12.2 Å². The van der Waals surface area contributed by atoms with Gasteiger partial charge in [0.15, 0.2) is 12.7 Å². The van der Waals surface area contributed by atoms with Gasteiger partial charge in [-0.3, -0.25) is 0 Å². The Labute approximate surface area is 90.3 Å². The van der Waals surface area contributed by atoms with E-state index < -0.39 is 0 Å². The molecule has 1 heteroatoms. The van der Waals surface area contributed by atoms with Crippen molar-refractivity contribution in [3.63, 3.8) is 0 Å². The maximum Gasteiger partial charge on any atom is 0.204 e. The van der Waals surface area contributed by atoms with Gasteiger partial charge in [-0.1, -0.05) is 36.9 Å². The largest absolute Gasteiger partial charge is 0.204 e. The van der Waals surface area contributed by atoms with Crippen molar-refractivity contribution in [3.8, 4) is 0 Å². The second kappa shape index (κ2) is 4.56. The molecule has 1 nitrogen and oxygen atoms in total. The van der Waals surface area contributed by atoms with Gasteiger partial charge in [0.05, 0.1) is 0 Å². The first kappa shape index (κ1) is 9.66. The molecule has 0 unspecified atom stereocenters. The van der Waals surface area contributed by atoms with E-state index >= 15 is 0 Å². The number of aromatic nitrogens is 1. The van der Waals surface area contributed by atoms with Gasteiger partial charge >= 0.3 is 0 Å². The fourth-order valence-corrected chi connectivity index (χ4v) is 1.60. The SMILES string of the molecule is C=Cc1cccc[n+]1Cc1ccccc1. The quantitative estimate of drug-likeness (QED) is 0.664. The summed E-state index contributed by atoms with van der Waals surface area (Å²) in [5.74, 6) is 0. The van der Waals surface area contributed by atoms with Crippen LogP contribution in [0, 0.1) is 0 Å². The third-order valence-corrected chi connectivity index (χ3v) is 2.38. The van der Waals surface area contributed by atoms with E-state index in [1.165, 1.54) is 5.56 Å². The monoisotopic (exact) mass is 196 g/mol. The molecule has 0 fully saturated rings. The molecule has 0 amide bonds. The maximum absolute atomic E-state index is 3.81. The summed E-state index contributed by atoms with van der Waals surface area (Å²) < 4.78 is 2.18. The minimum absolute atomic E-state index is 0.892. The Morgan fingerprint density at radius 3 is 2.47 bits per heavy atom. The first-order valence-electron chi connectivity index (χ1n) is 5.05. The molecule has 0 radical (unpaired) electrons. The Hall–Kier alpha value is -1.89. The zero-order valence-electron chi connectivity index (χ0n) is 8.63. The highest BCUT2D eigenvalue weighted by molar-refractivity contribution is 5.37. The predicted molar refractivity (Wildman–Crippen MR) is 62.3 cm³/mol. The van der Waals surface area contributed by atoms with Crippen LogP contribution in [0.5, 0.6) is 0 Å². The molecule has 0 spiro atoms. The van der Waals surface area contributed by atoms with Gasteiger partial charge in [0.1, 0.15) is 0 Å². The highest BCUT2D eigenvalue weighted by Crippen LogP contribution is 1.99. The summed E-state index contributed by atoms with van der Waals surface area (Å²) in [5.41, 5.74) is 2.44. The van der Waals surface area contributed by atoms with Crippen molar-refractivity contribution in [2.75, 3.05) is 0 Å². The summed E-state index contributed by atoms with van der Waals surface area (Å²) in [6, 6.07) is 16.6. The molecule has 0 aliphatic carbocycles. The average Bonchev–Trinajstić information content (AvgIpc) is 2.31. The highest BCUT2D eigenvalue weighted by atomic mass is 14.9. The second-order valence-corrected chi connectivity index (χ2v) is 3.44. The Morgan fingerprint density at radius 1 is 1.00 bits per heavy atom. The van der Waals surface area contributed by atoms with E-state index in [0.29, 0.717) is 0 Å². The molecule has 0 atom stereocenters. The van der Waals surface area contributed by atoms with Crippen LogP contribution < -0.4 is 4.57 Å². The smallest absolute Gasteiger partial charge is 0.194 e. The van der Waals surface area contributed by atoms with E-state index in [1.54, 1.807) is 0 Å². The summed E-state index contributed by atoms with van der Waals surface area (Å²) in [7, 11) is 0. The third-order valence-electron chi connectivity index (χ3n) is 2.38. The minimum Gasteiger partial charge on any atom is -0.194 e. The average molecular weight is 196 g/mol. The Kier molecular flexibility index (Phi) is 2.93. The standard InChI is InChI=1S/C14H14N/c1-2-14-10-6-7-11-15(14)12-13-8-4-3-5-9-13/h2-11H,1,12H2/q+1. The van der Waals surface area contributed by atoms with E-state index in [4.69, 9.17) is 0 Å². The number of hydrogen-bond donors (Lipinski definition) is 0. The lowest BCUT2D eigenvalue weighted by atomic mass is 10.2. The first-order valence-corrected chi connectivity index (χ1v) is 5.05. The summed E-state index contributed by atoms with van der Waals surface area (Å²) in [6.07, 6.45) is 3.95. The van der Waals surface area contributed by atoms with Gasteiger partial charge in [0.25, 0.3) is 0 Å². The molecule has 0 aliphatic rings. The number of benzene rings is 1. The lowest BCUT2D eigenvalue weighted by molar-refractivity contribution is -0.690. The predicted octanol–water partition coefficient (Wildman–Crippen LogP) is 2.67. The van der Waals surface area contributed by atoms with Crippen LogP contribution in [0.4, 0.5) is 0 Å². The highest BCUT2D eigenvalue weighted by Gasteiger charge is 2.05. The molecule has 1 aromatic heterocycles. The zero-order chi connectivity index (χ0) is 10.5. The summed E-state index contributed by atoms with van der Waals surface area (Å²) >= 11 is 0. The molecule has 2 aromatic rings. The Morgan fingerprint density at radius 2 is 1.73 bits per heavy atom. The molecule has 1 heterocycles. The van der Waals surface area contributed by atoms with Crippen LogP contribution in [0.15, 0.2) is 61.3 Å². The van der Waals surface area contributed by atoms with Crippen LogP contribution in [0.25, 0.3) is 6.08 Å². The van der Waals surface area contributed by atoms with Crippen LogP contribution in [0.2, 0.25) is 0 Å². The third kappa shape index (κ3) is 2.32. The molecule has 0 saturated carbocycles. The van der Waals surface area contributed by atoms with Crippen LogP contribution >= 0.6 is 0 Å². The van der Waals surface area contributed by atoms with Gasteiger partial charge in [-0.25, -0.2) is 0 Å². The van der Waals surface area contributed by atoms with Crippen LogP contribution in [0.3, 0.4) is 0 Å². The van der Waals surface area contributed by atoms with Gasteiger partial charge in [0.2, 0.25) is 5.69 Å². The summed E-state index contributed by atoms with van der Waals surface area (Å²) in [5, 5.41) is 0.